The van der Waals surface area contributed by atoms with Gasteiger partial charge in [-0.2, -0.15) is 8.78 Å². The Morgan fingerprint density at radius 2 is 2.04 bits per heavy atom. The van der Waals surface area contributed by atoms with Crippen LogP contribution >= 0.6 is 11.6 Å². The normalized spacial score (nSPS) is 18.3. The van der Waals surface area contributed by atoms with E-state index in [1.165, 1.54) is 0 Å². The van der Waals surface area contributed by atoms with Crippen molar-refractivity contribution in [3.8, 4) is 17.2 Å². The van der Waals surface area contributed by atoms with E-state index in [1.807, 2.05) is 18.2 Å². The van der Waals surface area contributed by atoms with Gasteiger partial charge in [0.1, 0.15) is 19.0 Å². The minimum absolute atomic E-state index is 0.154. The highest BCUT2D eigenvalue weighted by atomic mass is 35.5. The molecule has 0 fully saturated rings. The monoisotopic (exact) mass is 395 g/mol. The van der Waals surface area contributed by atoms with Crippen molar-refractivity contribution < 1.29 is 23.0 Å². The van der Waals surface area contributed by atoms with Gasteiger partial charge in [-0.1, -0.05) is 17.7 Å². The molecule has 7 heteroatoms. The molecule has 1 aliphatic carbocycles. The molecular weight excluding hydrogens is 376 g/mol. The molecule has 2 aromatic rings. The summed E-state index contributed by atoms with van der Waals surface area (Å²) in [7, 11) is 0. The maximum Gasteiger partial charge on any atom is 0.387 e. The Labute approximate surface area is 161 Å². The van der Waals surface area contributed by atoms with Crippen LogP contribution in [0.25, 0.3) is 0 Å². The Balaban J connectivity index is 1.48. The molecule has 4 nitrogen and oxygen atoms in total. The van der Waals surface area contributed by atoms with Crippen LogP contribution in [-0.4, -0.2) is 19.8 Å². The molecule has 0 saturated carbocycles. The standard InChI is InChI=1S/C20H20ClF2NO3/c21-16-8-12(9-18-19(16)26-7-6-25-18)11-24-17-3-1-2-13-10-14(27-20(22)23)4-5-15(13)17/h4-5,8-10,17,20,24H,1-3,6-7,11H2. The summed E-state index contributed by atoms with van der Waals surface area (Å²) in [5.41, 5.74) is 3.19. The topological polar surface area (TPSA) is 39.7 Å². The van der Waals surface area contributed by atoms with E-state index in [1.54, 1.807) is 12.1 Å². The predicted octanol–water partition coefficient (Wildman–Crippen LogP) is 4.88. The molecule has 4 rings (SSSR count). The number of aryl methyl sites for hydroxylation is 1. The zero-order valence-corrected chi connectivity index (χ0v) is 15.4. The van der Waals surface area contributed by atoms with Gasteiger partial charge in [0.2, 0.25) is 0 Å². The average Bonchev–Trinajstić information content (AvgIpc) is 2.65. The Morgan fingerprint density at radius 3 is 2.89 bits per heavy atom. The molecule has 144 valence electrons. The first-order chi connectivity index (χ1) is 13.1. The lowest BCUT2D eigenvalue weighted by atomic mass is 9.87. The van der Waals surface area contributed by atoms with Crippen LogP contribution in [0.2, 0.25) is 5.02 Å². The van der Waals surface area contributed by atoms with Gasteiger partial charge in [0.15, 0.2) is 11.5 Å². The van der Waals surface area contributed by atoms with Crippen molar-refractivity contribution in [3.63, 3.8) is 0 Å². The molecule has 1 unspecified atom stereocenters. The van der Waals surface area contributed by atoms with E-state index in [4.69, 9.17) is 21.1 Å². The van der Waals surface area contributed by atoms with Crippen LogP contribution in [0, 0.1) is 0 Å². The van der Waals surface area contributed by atoms with Crippen LogP contribution in [0.5, 0.6) is 17.2 Å². The van der Waals surface area contributed by atoms with Crippen LogP contribution in [0.1, 0.15) is 35.6 Å². The molecule has 1 aliphatic heterocycles. The summed E-state index contributed by atoms with van der Waals surface area (Å²) in [5.74, 6) is 1.48. The number of benzene rings is 2. The first-order valence-corrected chi connectivity index (χ1v) is 9.37. The van der Waals surface area contributed by atoms with Crippen molar-refractivity contribution in [1.29, 1.82) is 0 Å². The third kappa shape index (κ3) is 4.12. The number of halogens is 3. The van der Waals surface area contributed by atoms with Gasteiger partial charge in [-0.05, 0) is 60.2 Å². The smallest absolute Gasteiger partial charge is 0.387 e. The molecule has 0 radical (unpaired) electrons. The lowest BCUT2D eigenvalue weighted by molar-refractivity contribution is -0.0499. The zero-order valence-electron chi connectivity index (χ0n) is 14.6. The fraction of sp³-hybridized carbons (Fsp3) is 0.400. The summed E-state index contributed by atoms with van der Waals surface area (Å²) in [6, 6.07) is 9.17. The summed E-state index contributed by atoms with van der Waals surface area (Å²) >= 11 is 6.30. The molecular formula is C20H20ClF2NO3. The third-order valence-corrected chi connectivity index (χ3v) is 5.14. The van der Waals surface area contributed by atoms with Gasteiger partial charge in [-0.15, -0.1) is 0 Å². The van der Waals surface area contributed by atoms with Gasteiger partial charge in [0.25, 0.3) is 0 Å². The van der Waals surface area contributed by atoms with Crippen molar-refractivity contribution >= 4 is 11.6 Å². The second-order valence-electron chi connectivity index (χ2n) is 6.67. The van der Waals surface area contributed by atoms with E-state index in [0.29, 0.717) is 36.3 Å². The molecule has 2 aliphatic rings. The highest BCUT2D eigenvalue weighted by Crippen LogP contribution is 2.39. The predicted molar refractivity (Wildman–Crippen MR) is 98.0 cm³/mol. The van der Waals surface area contributed by atoms with Crippen LogP contribution in [0.3, 0.4) is 0 Å². The minimum atomic E-state index is -2.81. The lowest BCUT2D eigenvalue weighted by Crippen LogP contribution is -2.25. The van der Waals surface area contributed by atoms with Crippen molar-refractivity contribution in [2.75, 3.05) is 13.2 Å². The van der Waals surface area contributed by atoms with E-state index in [2.05, 4.69) is 10.1 Å². The quantitative estimate of drug-likeness (QED) is 0.783. The molecule has 0 aromatic heterocycles. The number of hydrogen-bond donors (Lipinski definition) is 1. The number of alkyl halides is 2. The molecule has 1 heterocycles. The SMILES string of the molecule is FC(F)Oc1ccc2c(c1)CCCC2NCc1cc(Cl)c2c(c1)OCCO2. The van der Waals surface area contributed by atoms with Crippen LogP contribution in [0.15, 0.2) is 30.3 Å². The summed E-state index contributed by atoms with van der Waals surface area (Å²) in [5, 5.41) is 4.09. The van der Waals surface area contributed by atoms with Crippen molar-refractivity contribution in [1.82, 2.24) is 5.32 Å². The van der Waals surface area contributed by atoms with Gasteiger partial charge in [0, 0.05) is 12.6 Å². The fourth-order valence-corrected chi connectivity index (χ4v) is 3.97. The largest absolute Gasteiger partial charge is 0.486 e. The fourth-order valence-electron chi connectivity index (χ4n) is 3.69. The lowest BCUT2D eigenvalue weighted by Gasteiger charge is -2.27. The second kappa shape index (κ2) is 7.90. The first kappa shape index (κ1) is 18.3. The number of nitrogens with one attached hydrogen (secondary N) is 1. The second-order valence-corrected chi connectivity index (χ2v) is 7.07. The summed E-state index contributed by atoms with van der Waals surface area (Å²) in [6.45, 7) is -1.17. The number of rotatable bonds is 5. The third-order valence-electron chi connectivity index (χ3n) is 4.86. The highest BCUT2D eigenvalue weighted by Gasteiger charge is 2.22. The van der Waals surface area contributed by atoms with Gasteiger partial charge < -0.3 is 19.5 Å². The van der Waals surface area contributed by atoms with E-state index < -0.39 is 6.61 Å². The minimum Gasteiger partial charge on any atom is -0.486 e. The van der Waals surface area contributed by atoms with E-state index in [0.717, 1.165) is 36.0 Å². The van der Waals surface area contributed by atoms with Crippen LogP contribution in [0.4, 0.5) is 8.78 Å². The Morgan fingerprint density at radius 1 is 1.19 bits per heavy atom. The maximum absolute atomic E-state index is 12.4. The maximum atomic E-state index is 12.4. The molecule has 0 saturated heterocycles. The van der Waals surface area contributed by atoms with Crippen LogP contribution < -0.4 is 19.5 Å². The Kier molecular flexibility index (Phi) is 5.36. The summed E-state index contributed by atoms with van der Waals surface area (Å²) < 4.78 is 40.5. The van der Waals surface area contributed by atoms with E-state index >= 15 is 0 Å². The Hall–Kier alpha value is -2.05. The molecule has 2 aromatic carbocycles. The number of hydrogen-bond acceptors (Lipinski definition) is 4. The van der Waals surface area contributed by atoms with Gasteiger partial charge in [0.05, 0.1) is 5.02 Å². The van der Waals surface area contributed by atoms with E-state index in [9.17, 15) is 8.78 Å². The molecule has 0 amide bonds. The van der Waals surface area contributed by atoms with Gasteiger partial charge in [-0.3, -0.25) is 0 Å². The van der Waals surface area contributed by atoms with Gasteiger partial charge in [-0.25, -0.2) is 0 Å². The van der Waals surface area contributed by atoms with E-state index in [-0.39, 0.29) is 11.8 Å². The van der Waals surface area contributed by atoms with Gasteiger partial charge >= 0.3 is 6.61 Å². The zero-order chi connectivity index (χ0) is 18.8. The molecule has 1 atom stereocenters. The van der Waals surface area contributed by atoms with Crippen molar-refractivity contribution in [2.24, 2.45) is 0 Å². The van der Waals surface area contributed by atoms with Crippen molar-refractivity contribution in [2.45, 2.75) is 38.5 Å². The first-order valence-electron chi connectivity index (χ1n) is 8.99. The summed E-state index contributed by atoms with van der Waals surface area (Å²) in [4.78, 5) is 0. The Bertz CT molecular complexity index is 831. The highest BCUT2D eigenvalue weighted by molar-refractivity contribution is 6.32. The molecule has 0 spiro atoms. The molecule has 0 bridgehead atoms. The molecule has 1 N–H and O–H groups in total. The molecule has 27 heavy (non-hydrogen) atoms. The number of fused-ring (bicyclic) bond motifs is 2. The van der Waals surface area contributed by atoms with Crippen LogP contribution in [-0.2, 0) is 13.0 Å². The summed E-state index contributed by atoms with van der Waals surface area (Å²) in [6.07, 6.45) is 2.84. The van der Waals surface area contributed by atoms with Crippen molar-refractivity contribution in [3.05, 3.63) is 52.0 Å². The average molecular weight is 396 g/mol. The number of ether oxygens (including phenoxy) is 3.